The van der Waals surface area contributed by atoms with Crippen molar-refractivity contribution < 1.29 is 9.90 Å². The molecule has 1 amide bonds. The van der Waals surface area contributed by atoms with Crippen molar-refractivity contribution in [1.82, 2.24) is 9.88 Å². The van der Waals surface area contributed by atoms with Crippen LogP contribution in [0.2, 0.25) is 0 Å². The van der Waals surface area contributed by atoms with Crippen LogP contribution in [-0.2, 0) is 0 Å². The number of aliphatic hydroxyl groups is 1. The first-order valence-electron chi connectivity index (χ1n) is 7.71. The SMILES string of the molecule is CCNc1cc(C(=O)N2CCC(CO)C2)cc(C(C)C)n1. The fraction of sp³-hybridized carbons (Fsp3) is 0.625. The van der Waals surface area contributed by atoms with Gasteiger partial charge in [0.1, 0.15) is 5.82 Å². The number of pyridine rings is 1. The highest BCUT2D eigenvalue weighted by Gasteiger charge is 2.27. The predicted molar refractivity (Wildman–Crippen MR) is 83.6 cm³/mol. The third-order valence-electron chi connectivity index (χ3n) is 3.87. The van der Waals surface area contributed by atoms with E-state index in [0.717, 1.165) is 31.0 Å². The summed E-state index contributed by atoms with van der Waals surface area (Å²) in [5.74, 6) is 1.28. The molecule has 5 nitrogen and oxygen atoms in total. The molecule has 2 heterocycles. The van der Waals surface area contributed by atoms with E-state index in [0.29, 0.717) is 12.1 Å². The fourth-order valence-corrected chi connectivity index (χ4v) is 2.59. The maximum absolute atomic E-state index is 12.6. The van der Waals surface area contributed by atoms with Crippen LogP contribution in [0.3, 0.4) is 0 Å². The molecular formula is C16H25N3O2. The number of anilines is 1. The average Bonchev–Trinajstić information content (AvgIpc) is 2.95. The third-order valence-corrected chi connectivity index (χ3v) is 3.87. The molecule has 2 N–H and O–H groups in total. The van der Waals surface area contributed by atoms with Crippen LogP contribution in [0.15, 0.2) is 12.1 Å². The van der Waals surface area contributed by atoms with Crippen LogP contribution < -0.4 is 5.32 Å². The van der Waals surface area contributed by atoms with E-state index >= 15 is 0 Å². The van der Waals surface area contributed by atoms with Gasteiger partial charge >= 0.3 is 0 Å². The minimum absolute atomic E-state index is 0.0365. The van der Waals surface area contributed by atoms with Crippen molar-refractivity contribution in [3.05, 3.63) is 23.4 Å². The monoisotopic (exact) mass is 291 g/mol. The fourth-order valence-electron chi connectivity index (χ4n) is 2.59. The lowest BCUT2D eigenvalue weighted by Gasteiger charge is -2.18. The Bertz CT molecular complexity index is 502. The van der Waals surface area contributed by atoms with Crippen molar-refractivity contribution in [2.45, 2.75) is 33.1 Å². The van der Waals surface area contributed by atoms with E-state index in [2.05, 4.69) is 24.1 Å². The summed E-state index contributed by atoms with van der Waals surface area (Å²) in [7, 11) is 0. The van der Waals surface area contributed by atoms with Gasteiger partial charge in [-0.15, -0.1) is 0 Å². The number of nitrogens with one attached hydrogen (secondary N) is 1. The van der Waals surface area contributed by atoms with Crippen LogP contribution >= 0.6 is 0 Å². The Morgan fingerprint density at radius 3 is 2.86 bits per heavy atom. The topological polar surface area (TPSA) is 65.5 Å². The number of hydrogen-bond acceptors (Lipinski definition) is 4. The van der Waals surface area contributed by atoms with E-state index in [1.807, 2.05) is 24.0 Å². The molecule has 0 saturated carbocycles. The number of likely N-dealkylation sites (tertiary alicyclic amines) is 1. The first kappa shape index (κ1) is 15.8. The number of rotatable bonds is 5. The van der Waals surface area contributed by atoms with Crippen LogP contribution in [0.1, 0.15) is 49.2 Å². The molecule has 0 spiro atoms. The molecule has 1 saturated heterocycles. The summed E-state index contributed by atoms with van der Waals surface area (Å²) in [4.78, 5) is 19.0. The molecule has 0 aliphatic carbocycles. The molecule has 116 valence electrons. The van der Waals surface area contributed by atoms with Crippen LogP contribution in [0.5, 0.6) is 0 Å². The van der Waals surface area contributed by atoms with Gasteiger partial charge in [0.25, 0.3) is 5.91 Å². The number of aromatic nitrogens is 1. The molecule has 1 aliphatic rings. The summed E-state index contributed by atoms with van der Waals surface area (Å²) in [6, 6.07) is 3.71. The van der Waals surface area contributed by atoms with Gasteiger partial charge in [-0.25, -0.2) is 4.98 Å². The molecule has 1 aromatic heterocycles. The second kappa shape index (κ2) is 6.89. The van der Waals surface area contributed by atoms with Crippen molar-refractivity contribution in [2.75, 3.05) is 31.6 Å². The van der Waals surface area contributed by atoms with Crippen LogP contribution in [0.25, 0.3) is 0 Å². The standard InChI is InChI=1S/C16H25N3O2/c1-4-17-15-8-13(7-14(18-15)11(2)3)16(21)19-6-5-12(9-19)10-20/h7-8,11-12,20H,4-6,9-10H2,1-3H3,(H,17,18). The Morgan fingerprint density at radius 2 is 2.29 bits per heavy atom. The van der Waals surface area contributed by atoms with Crippen molar-refractivity contribution in [3.63, 3.8) is 0 Å². The number of carbonyl (C=O) groups excluding carboxylic acids is 1. The minimum Gasteiger partial charge on any atom is -0.396 e. The molecule has 1 unspecified atom stereocenters. The van der Waals surface area contributed by atoms with Gasteiger partial charge in [0.05, 0.1) is 0 Å². The average molecular weight is 291 g/mol. The smallest absolute Gasteiger partial charge is 0.254 e. The van der Waals surface area contributed by atoms with Gasteiger partial charge in [0.15, 0.2) is 0 Å². The third kappa shape index (κ3) is 3.73. The zero-order valence-electron chi connectivity index (χ0n) is 13.1. The van der Waals surface area contributed by atoms with Crippen LogP contribution in [0.4, 0.5) is 5.82 Å². The molecule has 21 heavy (non-hydrogen) atoms. The lowest BCUT2D eigenvalue weighted by Crippen LogP contribution is -2.29. The zero-order chi connectivity index (χ0) is 15.4. The Labute approximate surface area is 126 Å². The summed E-state index contributed by atoms with van der Waals surface area (Å²) in [5.41, 5.74) is 1.61. The van der Waals surface area contributed by atoms with Crippen molar-refractivity contribution >= 4 is 11.7 Å². The molecule has 1 atom stereocenters. The molecule has 2 rings (SSSR count). The second-order valence-electron chi connectivity index (χ2n) is 5.94. The first-order chi connectivity index (χ1) is 10.0. The van der Waals surface area contributed by atoms with E-state index in [1.54, 1.807) is 0 Å². The van der Waals surface area contributed by atoms with Crippen molar-refractivity contribution in [1.29, 1.82) is 0 Å². The van der Waals surface area contributed by atoms with E-state index in [4.69, 9.17) is 0 Å². The molecule has 1 fully saturated rings. The Balaban J connectivity index is 2.23. The highest BCUT2D eigenvalue weighted by molar-refractivity contribution is 5.95. The molecule has 0 radical (unpaired) electrons. The van der Waals surface area contributed by atoms with E-state index < -0.39 is 0 Å². The summed E-state index contributed by atoms with van der Waals surface area (Å²) < 4.78 is 0. The first-order valence-corrected chi connectivity index (χ1v) is 7.71. The van der Waals surface area contributed by atoms with E-state index in [9.17, 15) is 9.90 Å². The molecule has 0 bridgehead atoms. The number of aliphatic hydroxyl groups excluding tert-OH is 1. The van der Waals surface area contributed by atoms with Crippen LogP contribution in [-0.4, -0.2) is 47.1 Å². The minimum atomic E-state index is 0.0365. The van der Waals surface area contributed by atoms with Crippen molar-refractivity contribution in [3.8, 4) is 0 Å². The Morgan fingerprint density at radius 1 is 1.52 bits per heavy atom. The molecule has 5 heteroatoms. The molecular weight excluding hydrogens is 266 g/mol. The maximum Gasteiger partial charge on any atom is 0.254 e. The predicted octanol–water partition coefficient (Wildman–Crippen LogP) is 2.09. The van der Waals surface area contributed by atoms with E-state index in [-0.39, 0.29) is 24.3 Å². The summed E-state index contributed by atoms with van der Waals surface area (Å²) >= 11 is 0. The van der Waals surface area contributed by atoms with Gasteiger partial charge in [-0.1, -0.05) is 13.8 Å². The molecule has 1 aliphatic heterocycles. The number of nitrogens with zero attached hydrogens (tertiary/aromatic N) is 2. The van der Waals surface area contributed by atoms with Gasteiger partial charge in [0, 0.05) is 43.4 Å². The van der Waals surface area contributed by atoms with Gasteiger partial charge in [-0.2, -0.15) is 0 Å². The zero-order valence-corrected chi connectivity index (χ0v) is 13.1. The normalized spacial score (nSPS) is 18.3. The van der Waals surface area contributed by atoms with Gasteiger partial charge in [-0.3, -0.25) is 4.79 Å². The molecule has 0 aromatic carbocycles. The maximum atomic E-state index is 12.6. The Kier molecular flexibility index (Phi) is 5.17. The summed E-state index contributed by atoms with van der Waals surface area (Å²) in [6.07, 6.45) is 0.879. The number of amides is 1. The lowest BCUT2D eigenvalue weighted by molar-refractivity contribution is 0.0781. The van der Waals surface area contributed by atoms with Gasteiger partial charge < -0.3 is 15.3 Å². The van der Waals surface area contributed by atoms with Gasteiger partial charge in [0.2, 0.25) is 0 Å². The largest absolute Gasteiger partial charge is 0.396 e. The number of hydrogen-bond donors (Lipinski definition) is 2. The van der Waals surface area contributed by atoms with Gasteiger partial charge in [-0.05, 0) is 31.4 Å². The molecule has 1 aromatic rings. The van der Waals surface area contributed by atoms with Crippen LogP contribution in [0, 0.1) is 5.92 Å². The van der Waals surface area contributed by atoms with E-state index in [1.165, 1.54) is 0 Å². The second-order valence-corrected chi connectivity index (χ2v) is 5.94. The number of carbonyl (C=O) groups is 1. The lowest BCUT2D eigenvalue weighted by atomic mass is 10.1. The quantitative estimate of drug-likeness (QED) is 0.872. The summed E-state index contributed by atoms with van der Waals surface area (Å²) in [6.45, 7) is 8.45. The Hall–Kier alpha value is -1.62. The summed E-state index contributed by atoms with van der Waals surface area (Å²) in [5, 5.41) is 12.4. The van der Waals surface area contributed by atoms with Crippen molar-refractivity contribution in [2.24, 2.45) is 5.92 Å². The highest BCUT2D eigenvalue weighted by Crippen LogP contribution is 2.22. The highest BCUT2D eigenvalue weighted by atomic mass is 16.3.